The smallest absolute Gasteiger partial charge is 0.196 e. The van der Waals surface area contributed by atoms with Gasteiger partial charge in [-0.3, -0.25) is 4.79 Å². The van der Waals surface area contributed by atoms with Crippen molar-refractivity contribution in [2.24, 2.45) is 0 Å². The van der Waals surface area contributed by atoms with Gasteiger partial charge in [0.15, 0.2) is 12.5 Å². The van der Waals surface area contributed by atoms with Crippen LogP contribution in [0.15, 0.2) is 18.2 Å². The van der Waals surface area contributed by atoms with Crippen LogP contribution in [0.2, 0.25) is 0 Å². The Hall–Kier alpha value is -1.45. The number of carbonyl (C=O) groups excluding carboxylic acids is 1. The van der Waals surface area contributed by atoms with Crippen molar-refractivity contribution in [3.63, 3.8) is 0 Å². The summed E-state index contributed by atoms with van der Waals surface area (Å²) >= 11 is 0. The average Bonchev–Trinajstić information content (AvgIpc) is 2.03. The first-order valence-electron chi connectivity index (χ1n) is 3.29. The predicted octanol–water partition coefficient (Wildman–Crippen LogP) is 1.56. The highest BCUT2D eigenvalue weighted by atomic mass is 19.1. The number of benzene rings is 1. The summed E-state index contributed by atoms with van der Waals surface area (Å²) in [5.41, 5.74) is 5.18. The standard InChI is InChI=1S/C8H7F2NO/c9-4-8(12)6-2-1-5(11)3-7(6)10/h1-3H,4,11H2. The molecule has 0 fully saturated rings. The molecule has 0 atom stereocenters. The van der Waals surface area contributed by atoms with E-state index < -0.39 is 18.3 Å². The van der Waals surface area contributed by atoms with Gasteiger partial charge in [-0.15, -0.1) is 0 Å². The van der Waals surface area contributed by atoms with E-state index in [1.165, 1.54) is 12.1 Å². The van der Waals surface area contributed by atoms with Crippen LogP contribution in [0, 0.1) is 5.82 Å². The molecule has 0 aliphatic rings. The SMILES string of the molecule is Nc1ccc(C(=O)CF)c(F)c1. The number of rotatable bonds is 2. The third-order valence-electron chi connectivity index (χ3n) is 1.41. The van der Waals surface area contributed by atoms with Gasteiger partial charge in [0.25, 0.3) is 0 Å². The van der Waals surface area contributed by atoms with E-state index in [1.807, 2.05) is 0 Å². The van der Waals surface area contributed by atoms with E-state index in [9.17, 15) is 13.6 Å². The van der Waals surface area contributed by atoms with Gasteiger partial charge >= 0.3 is 0 Å². The van der Waals surface area contributed by atoms with Crippen LogP contribution in [0.3, 0.4) is 0 Å². The van der Waals surface area contributed by atoms with Gasteiger partial charge in [-0.25, -0.2) is 8.78 Å². The molecule has 2 nitrogen and oxygen atoms in total. The van der Waals surface area contributed by atoms with Gasteiger partial charge in [-0.1, -0.05) is 0 Å². The Kier molecular flexibility index (Phi) is 2.38. The number of halogens is 2. The molecule has 1 rings (SSSR count). The van der Waals surface area contributed by atoms with Gasteiger partial charge in [0.2, 0.25) is 0 Å². The highest BCUT2D eigenvalue weighted by Gasteiger charge is 2.10. The lowest BCUT2D eigenvalue weighted by atomic mass is 10.1. The zero-order chi connectivity index (χ0) is 9.14. The van der Waals surface area contributed by atoms with Gasteiger partial charge in [0.1, 0.15) is 5.82 Å². The summed E-state index contributed by atoms with van der Waals surface area (Å²) in [4.78, 5) is 10.7. The Morgan fingerprint density at radius 1 is 1.50 bits per heavy atom. The Labute approximate surface area is 68.0 Å². The Balaban J connectivity index is 3.09. The molecule has 0 amide bonds. The third kappa shape index (κ3) is 1.58. The summed E-state index contributed by atoms with van der Waals surface area (Å²) in [7, 11) is 0. The molecule has 4 heteroatoms. The van der Waals surface area contributed by atoms with E-state index in [1.54, 1.807) is 0 Å². The van der Waals surface area contributed by atoms with Crippen LogP contribution in [0.4, 0.5) is 14.5 Å². The summed E-state index contributed by atoms with van der Waals surface area (Å²) in [6.07, 6.45) is 0. The van der Waals surface area contributed by atoms with Gasteiger partial charge in [0, 0.05) is 5.69 Å². The quantitative estimate of drug-likeness (QED) is 0.542. The van der Waals surface area contributed by atoms with Gasteiger partial charge in [0.05, 0.1) is 5.56 Å². The number of ketones is 1. The highest BCUT2D eigenvalue weighted by molar-refractivity contribution is 5.97. The predicted molar refractivity (Wildman–Crippen MR) is 41.1 cm³/mol. The Morgan fingerprint density at radius 2 is 2.17 bits per heavy atom. The van der Waals surface area contributed by atoms with Crippen molar-refractivity contribution in [1.29, 1.82) is 0 Å². The first-order valence-corrected chi connectivity index (χ1v) is 3.29. The molecule has 0 bridgehead atoms. The molecular weight excluding hydrogens is 164 g/mol. The van der Waals surface area contributed by atoms with Crippen LogP contribution in [-0.4, -0.2) is 12.5 Å². The number of hydrogen-bond donors (Lipinski definition) is 1. The van der Waals surface area contributed by atoms with Crippen LogP contribution < -0.4 is 5.73 Å². The second-order valence-electron chi connectivity index (χ2n) is 2.30. The molecule has 0 radical (unpaired) electrons. The van der Waals surface area contributed by atoms with Crippen molar-refractivity contribution >= 4 is 11.5 Å². The number of nitrogens with two attached hydrogens (primary N) is 1. The topological polar surface area (TPSA) is 43.1 Å². The van der Waals surface area contributed by atoms with Gasteiger partial charge in [-0.05, 0) is 18.2 Å². The molecule has 64 valence electrons. The molecule has 0 saturated heterocycles. The van der Waals surface area contributed by atoms with Crippen molar-refractivity contribution in [1.82, 2.24) is 0 Å². The molecule has 0 aliphatic heterocycles. The second-order valence-corrected chi connectivity index (χ2v) is 2.30. The number of carbonyl (C=O) groups is 1. The van der Waals surface area contributed by atoms with Crippen molar-refractivity contribution in [3.05, 3.63) is 29.6 Å². The molecule has 1 aromatic rings. The maximum atomic E-state index is 12.8. The summed E-state index contributed by atoms with van der Waals surface area (Å²) in [6.45, 7) is -1.19. The molecular formula is C8H7F2NO. The van der Waals surface area contributed by atoms with Crippen molar-refractivity contribution in [2.75, 3.05) is 12.4 Å². The largest absolute Gasteiger partial charge is 0.399 e. The highest BCUT2D eigenvalue weighted by Crippen LogP contribution is 2.12. The normalized spacial score (nSPS) is 9.83. The van der Waals surface area contributed by atoms with E-state index in [2.05, 4.69) is 0 Å². The van der Waals surface area contributed by atoms with Gasteiger partial charge < -0.3 is 5.73 Å². The lowest BCUT2D eigenvalue weighted by Crippen LogP contribution is -2.04. The lowest BCUT2D eigenvalue weighted by molar-refractivity contribution is 0.0955. The average molecular weight is 171 g/mol. The number of hydrogen-bond acceptors (Lipinski definition) is 2. The van der Waals surface area contributed by atoms with Crippen molar-refractivity contribution in [3.8, 4) is 0 Å². The van der Waals surface area contributed by atoms with E-state index in [0.717, 1.165) is 6.07 Å². The molecule has 1 aromatic carbocycles. The van der Waals surface area contributed by atoms with Crippen LogP contribution in [0.25, 0.3) is 0 Å². The maximum absolute atomic E-state index is 12.8. The third-order valence-corrected chi connectivity index (χ3v) is 1.41. The van der Waals surface area contributed by atoms with Crippen LogP contribution in [-0.2, 0) is 0 Å². The first-order chi connectivity index (χ1) is 5.65. The molecule has 2 N–H and O–H groups in total. The van der Waals surface area contributed by atoms with Crippen LogP contribution in [0.5, 0.6) is 0 Å². The fourth-order valence-electron chi connectivity index (χ4n) is 0.829. The Bertz CT molecular complexity index is 312. The minimum Gasteiger partial charge on any atom is -0.399 e. The van der Waals surface area contributed by atoms with Crippen LogP contribution >= 0.6 is 0 Å². The molecule has 0 unspecified atom stereocenters. The van der Waals surface area contributed by atoms with Gasteiger partial charge in [-0.2, -0.15) is 0 Å². The fraction of sp³-hybridized carbons (Fsp3) is 0.125. The summed E-state index contributed by atoms with van der Waals surface area (Å²) in [6, 6.07) is 3.52. The molecule has 0 aromatic heterocycles. The lowest BCUT2D eigenvalue weighted by Gasteiger charge is -1.99. The molecule has 0 spiro atoms. The minimum atomic E-state index is -1.19. The Morgan fingerprint density at radius 3 is 2.67 bits per heavy atom. The minimum absolute atomic E-state index is 0.211. The number of alkyl halides is 1. The molecule has 0 aliphatic carbocycles. The zero-order valence-electron chi connectivity index (χ0n) is 6.18. The number of Topliss-reactive ketones (excluding diaryl/α,β-unsaturated/α-hetero) is 1. The summed E-state index contributed by atoms with van der Waals surface area (Å²) < 4.78 is 24.6. The molecule has 0 heterocycles. The zero-order valence-corrected chi connectivity index (χ0v) is 6.18. The first kappa shape index (κ1) is 8.64. The number of nitrogen functional groups attached to an aromatic ring is 1. The van der Waals surface area contributed by atoms with E-state index in [-0.39, 0.29) is 11.3 Å². The van der Waals surface area contributed by atoms with E-state index >= 15 is 0 Å². The summed E-state index contributed by atoms with van der Waals surface area (Å²) in [5, 5.41) is 0. The molecule has 12 heavy (non-hydrogen) atoms. The van der Waals surface area contributed by atoms with Crippen molar-refractivity contribution < 1.29 is 13.6 Å². The second kappa shape index (κ2) is 3.30. The van der Waals surface area contributed by atoms with Crippen molar-refractivity contribution in [2.45, 2.75) is 0 Å². The van der Waals surface area contributed by atoms with E-state index in [0.29, 0.717) is 0 Å². The number of anilines is 1. The maximum Gasteiger partial charge on any atom is 0.196 e. The summed E-state index contributed by atoms with van der Waals surface area (Å²) in [5.74, 6) is -1.65. The van der Waals surface area contributed by atoms with E-state index in [4.69, 9.17) is 5.73 Å². The molecule has 0 saturated carbocycles. The van der Waals surface area contributed by atoms with Crippen LogP contribution in [0.1, 0.15) is 10.4 Å². The fourth-order valence-corrected chi connectivity index (χ4v) is 0.829. The monoisotopic (exact) mass is 171 g/mol.